The van der Waals surface area contributed by atoms with Gasteiger partial charge in [-0.3, -0.25) is 9.48 Å². The van der Waals surface area contributed by atoms with E-state index in [9.17, 15) is 4.79 Å². The van der Waals surface area contributed by atoms with Crippen LogP contribution in [0, 0.1) is 20.8 Å². The minimum Gasteiger partial charge on any atom is -0.348 e. The third-order valence-electron chi connectivity index (χ3n) is 3.56. The first-order chi connectivity index (χ1) is 9.45. The van der Waals surface area contributed by atoms with Crippen LogP contribution < -0.4 is 5.32 Å². The van der Waals surface area contributed by atoms with E-state index in [2.05, 4.69) is 27.3 Å². The Balaban J connectivity index is 2.21. The quantitative estimate of drug-likeness (QED) is 0.896. The predicted octanol–water partition coefficient (Wildman–Crippen LogP) is 2.04. The number of aryl methyl sites for hydroxylation is 3. The number of carbonyl (C=O) groups excluding carboxylic acids is 1. The number of nitrogens with one attached hydrogen (secondary N) is 2. The summed E-state index contributed by atoms with van der Waals surface area (Å²) in [5, 5.41) is 7.46. The largest absolute Gasteiger partial charge is 0.348 e. The van der Waals surface area contributed by atoms with E-state index in [-0.39, 0.29) is 11.9 Å². The van der Waals surface area contributed by atoms with Crippen molar-refractivity contribution < 1.29 is 4.79 Å². The molecule has 2 aromatic rings. The zero-order valence-electron chi connectivity index (χ0n) is 12.6. The van der Waals surface area contributed by atoms with E-state index in [1.807, 2.05) is 32.4 Å². The molecule has 0 bridgehead atoms. The number of hydrogen-bond donors (Lipinski definition) is 2. The van der Waals surface area contributed by atoms with Gasteiger partial charge in [-0.05, 0) is 34.6 Å². The minimum atomic E-state index is -0.167. The Bertz CT molecular complexity index is 626. The number of nitrogens with zero attached hydrogens (tertiary/aromatic N) is 3. The predicted molar refractivity (Wildman–Crippen MR) is 76.6 cm³/mol. The molecule has 2 N–H and O–H groups in total. The summed E-state index contributed by atoms with van der Waals surface area (Å²) < 4.78 is 1.95. The Morgan fingerprint density at radius 1 is 1.45 bits per heavy atom. The van der Waals surface area contributed by atoms with Gasteiger partial charge < -0.3 is 10.3 Å². The minimum absolute atomic E-state index is 0.0982. The van der Waals surface area contributed by atoms with Crippen LogP contribution in [0.1, 0.15) is 53.0 Å². The molecule has 0 spiro atoms. The van der Waals surface area contributed by atoms with Crippen molar-refractivity contribution in [1.29, 1.82) is 0 Å². The topological polar surface area (TPSA) is 75.6 Å². The lowest BCUT2D eigenvalue weighted by Crippen LogP contribution is -2.28. The Kier molecular flexibility index (Phi) is 3.92. The van der Waals surface area contributed by atoms with Gasteiger partial charge in [0.1, 0.15) is 5.69 Å². The number of hydrogen-bond acceptors (Lipinski definition) is 3. The van der Waals surface area contributed by atoms with Gasteiger partial charge >= 0.3 is 0 Å². The lowest BCUT2D eigenvalue weighted by molar-refractivity contribution is 0.0934. The molecule has 2 aromatic heterocycles. The molecule has 6 nitrogen and oxygen atoms in total. The number of H-pyrrole nitrogens is 1. The highest BCUT2D eigenvalue weighted by Crippen LogP contribution is 2.21. The van der Waals surface area contributed by atoms with Crippen LogP contribution in [0.2, 0.25) is 0 Å². The number of amides is 1. The van der Waals surface area contributed by atoms with Gasteiger partial charge in [0.15, 0.2) is 0 Å². The summed E-state index contributed by atoms with van der Waals surface area (Å²) in [7, 11) is 0. The van der Waals surface area contributed by atoms with Gasteiger partial charge in [0.05, 0.1) is 18.1 Å². The third-order valence-corrected chi connectivity index (χ3v) is 3.56. The average molecular weight is 275 g/mol. The highest BCUT2D eigenvalue weighted by Gasteiger charge is 2.20. The molecule has 1 atom stereocenters. The SMILES string of the molecule is CCn1nc(C)c([C@@H](C)NC(=O)c2nc[nH]c2C)c1C. The van der Waals surface area contributed by atoms with E-state index in [0.717, 1.165) is 29.2 Å². The lowest BCUT2D eigenvalue weighted by Gasteiger charge is -2.14. The molecule has 0 unspecified atom stereocenters. The summed E-state index contributed by atoms with van der Waals surface area (Å²) in [6, 6.07) is -0.0982. The van der Waals surface area contributed by atoms with Crippen molar-refractivity contribution >= 4 is 5.91 Å². The number of carbonyl (C=O) groups is 1. The van der Waals surface area contributed by atoms with E-state index >= 15 is 0 Å². The molecular formula is C14H21N5O. The summed E-state index contributed by atoms with van der Waals surface area (Å²) in [5.74, 6) is -0.167. The zero-order chi connectivity index (χ0) is 14.9. The molecule has 0 fully saturated rings. The fraction of sp³-hybridized carbons (Fsp3) is 0.500. The molecule has 108 valence electrons. The zero-order valence-corrected chi connectivity index (χ0v) is 12.6. The highest BCUT2D eigenvalue weighted by atomic mass is 16.2. The molecule has 0 radical (unpaired) electrons. The molecule has 0 aromatic carbocycles. The molecule has 6 heteroatoms. The fourth-order valence-electron chi connectivity index (χ4n) is 2.57. The molecule has 1 amide bonds. The van der Waals surface area contributed by atoms with Gasteiger partial charge in [-0.2, -0.15) is 5.10 Å². The monoisotopic (exact) mass is 275 g/mol. The molecule has 2 heterocycles. The van der Waals surface area contributed by atoms with E-state index in [1.54, 1.807) is 0 Å². The van der Waals surface area contributed by atoms with Gasteiger partial charge in [-0.1, -0.05) is 0 Å². The fourth-order valence-corrected chi connectivity index (χ4v) is 2.57. The second kappa shape index (κ2) is 5.48. The molecule has 20 heavy (non-hydrogen) atoms. The smallest absolute Gasteiger partial charge is 0.272 e. The second-order valence-electron chi connectivity index (χ2n) is 4.97. The van der Waals surface area contributed by atoms with Crippen LogP contribution in [0.5, 0.6) is 0 Å². The van der Waals surface area contributed by atoms with Crippen LogP contribution in [0.3, 0.4) is 0 Å². The van der Waals surface area contributed by atoms with E-state index in [4.69, 9.17) is 0 Å². The molecular weight excluding hydrogens is 254 g/mol. The Hall–Kier alpha value is -2.11. The van der Waals surface area contributed by atoms with Crippen molar-refractivity contribution in [1.82, 2.24) is 25.1 Å². The van der Waals surface area contributed by atoms with Crippen molar-refractivity contribution in [3.05, 3.63) is 34.7 Å². The van der Waals surface area contributed by atoms with Crippen LogP contribution in [-0.2, 0) is 6.54 Å². The Morgan fingerprint density at radius 2 is 2.15 bits per heavy atom. The van der Waals surface area contributed by atoms with Gasteiger partial charge in [-0.25, -0.2) is 4.98 Å². The second-order valence-corrected chi connectivity index (χ2v) is 4.97. The van der Waals surface area contributed by atoms with E-state index < -0.39 is 0 Å². The van der Waals surface area contributed by atoms with Gasteiger partial charge in [-0.15, -0.1) is 0 Å². The first kappa shape index (κ1) is 14.3. The van der Waals surface area contributed by atoms with Crippen LogP contribution in [-0.4, -0.2) is 25.7 Å². The highest BCUT2D eigenvalue weighted by molar-refractivity contribution is 5.93. The summed E-state index contributed by atoms with van der Waals surface area (Å²) in [4.78, 5) is 19.1. The van der Waals surface area contributed by atoms with Crippen LogP contribution in [0.25, 0.3) is 0 Å². The summed E-state index contributed by atoms with van der Waals surface area (Å²) in [6.45, 7) is 10.7. The van der Waals surface area contributed by atoms with Crippen LogP contribution in [0.15, 0.2) is 6.33 Å². The van der Waals surface area contributed by atoms with Crippen LogP contribution >= 0.6 is 0 Å². The Morgan fingerprint density at radius 3 is 2.65 bits per heavy atom. The maximum atomic E-state index is 12.2. The maximum absolute atomic E-state index is 12.2. The van der Waals surface area contributed by atoms with Crippen molar-refractivity contribution in [2.24, 2.45) is 0 Å². The third kappa shape index (κ3) is 2.45. The lowest BCUT2D eigenvalue weighted by atomic mass is 10.1. The van der Waals surface area contributed by atoms with Crippen molar-refractivity contribution in [3.8, 4) is 0 Å². The van der Waals surface area contributed by atoms with Gasteiger partial charge in [0.25, 0.3) is 5.91 Å². The average Bonchev–Trinajstić information content (AvgIpc) is 2.93. The normalized spacial score (nSPS) is 12.4. The number of aromatic amines is 1. The number of aromatic nitrogens is 4. The molecule has 0 aliphatic rings. The Labute approximate surface area is 118 Å². The molecule has 0 saturated carbocycles. The van der Waals surface area contributed by atoms with E-state index in [0.29, 0.717) is 5.69 Å². The maximum Gasteiger partial charge on any atom is 0.272 e. The molecule has 0 aliphatic carbocycles. The number of imidazole rings is 1. The summed E-state index contributed by atoms with van der Waals surface area (Å²) >= 11 is 0. The summed E-state index contributed by atoms with van der Waals surface area (Å²) in [5.41, 5.74) is 4.34. The van der Waals surface area contributed by atoms with Crippen molar-refractivity contribution in [2.45, 2.75) is 47.2 Å². The first-order valence-electron chi connectivity index (χ1n) is 6.80. The number of rotatable bonds is 4. The van der Waals surface area contributed by atoms with Crippen LogP contribution in [0.4, 0.5) is 0 Å². The molecule has 2 rings (SSSR count). The van der Waals surface area contributed by atoms with Crippen molar-refractivity contribution in [3.63, 3.8) is 0 Å². The standard InChI is InChI=1S/C14H21N5O/c1-6-19-11(5)12(9(3)18-19)8(2)17-14(20)13-10(4)15-7-16-13/h7-8H,6H2,1-5H3,(H,15,16)(H,17,20)/t8-/m1/s1. The molecule has 0 saturated heterocycles. The molecule has 0 aliphatic heterocycles. The van der Waals surface area contributed by atoms with Gasteiger partial charge in [0.2, 0.25) is 0 Å². The van der Waals surface area contributed by atoms with E-state index in [1.165, 1.54) is 6.33 Å². The summed E-state index contributed by atoms with van der Waals surface area (Å²) in [6.07, 6.45) is 1.53. The van der Waals surface area contributed by atoms with Gasteiger partial charge in [0, 0.05) is 23.5 Å². The first-order valence-corrected chi connectivity index (χ1v) is 6.80. The van der Waals surface area contributed by atoms with Crippen molar-refractivity contribution in [2.75, 3.05) is 0 Å².